The van der Waals surface area contributed by atoms with E-state index in [0.717, 1.165) is 27.9 Å². The number of aryl methyl sites for hydroxylation is 2. The zero-order chi connectivity index (χ0) is 24.7. The SMILES string of the molecule is Cc1cnc2c(S(=O)(=O)N3CCN(C(=O)c4cnn(-c5ccccc5C)c4C)CC3)cccc2c1. The first-order valence-electron chi connectivity index (χ1n) is 11.5. The van der Waals surface area contributed by atoms with Crippen LogP contribution >= 0.6 is 0 Å². The van der Waals surface area contributed by atoms with Gasteiger partial charge in [0.15, 0.2) is 0 Å². The smallest absolute Gasteiger partial charge is 0.257 e. The van der Waals surface area contributed by atoms with Crippen molar-refractivity contribution in [2.24, 2.45) is 0 Å². The van der Waals surface area contributed by atoms with Crippen LogP contribution in [-0.4, -0.2) is 64.5 Å². The molecule has 0 unspecified atom stereocenters. The average molecular weight is 490 g/mol. The number of piperazine rings is 1. The number of aromatic nitrogens is 3. The van der Waals surface area contributed by atoms with Gasteiger partial charge in [-0.3, -0.25) is 9.78 Å². The number of fused-ring (bicyclic) bond motifs is 1. The maximum atomic E-state index is 13.4. The lowest BCUT2D eigenvalue weighted by atomic mass is 10.2. The molecule has 0 aliphatic carbocycles. The van der Waals surface area contributed by atoms with Gasteiger partial charge >= 0.3 is 0 Å². The number of amides is 1. The Balaban J connectivity index is 1.34. The summed E-state index contributed by atoms with van der Waals surface area (Å²) in [6.07, 6.45) is 3.27. The molecule has 3 heterocycles. The third-order valence-corrected chi connectivity index (χ3v) is 8.47. The minimum Gasteiger partial charge on any atom is -0.336 e. The Kier molecular flexibility index (Phi) is 5.90. The fourth-order valence-corrected chi connectivity index (χ4v) is 6.14. The number of carbonyl (C=O) groups excluding carboxylic acids is 1. The summed E-state index contributed by atoms with van der Waals surface area (Å²) in [5.74, 6) is -0.137. The van der Waals surface area contributed by atoms with Gasteiger partial charge in [0, 0.05) is 37.8 Å². The van der Waals surface area contributed by atoms with E-state index in [2.05, 4.69) is 10.1 Å². The third kappa shape index (κ3) is 4.11. The molecule has 0 radical (unpaired) electrons. The first kappa shape index (κ1) is 23.2. The molecular formula is C26H27N5O3S. The standard InChI is InChI=1S/C26H27N5O3S/c1-18-15-21-8-6-10-24(25(21)27-16-18)35(33,34)30-13-11-29(12-14-30)26(32)22-17-28-31(20(22)3)23-9-5-4-7-19(23)2/h4-10,15-17H,11-14H2,1-3H3. The third-order valence-electron chi connectivity index (χ3n) is 6.54. The van der Waals surface area contributed by atoms with Gasteiger partial charge < -0.3 is 4.90 Å². The van der Waals surface area contributed by atoms with Crippen LogP contribution in [0.1, 0.15) is 27.2 Å². The Morgan fingerprint density at radius 1 is 0.914 bits per heavy atom. The quantitative estimate of drug-likeness (QED) is 0.438. The number of carbonyl (C=O) groups is 1. The second kappa shape index (κ2) is 8.90. The number of sulfonamides is 1. The zero-order valence-corrected chi connectivity index (χ0v) is 20.8. The molecule has 0 saturated carbocycles. The van der Waals surface area contributed by atoms with Crippen molar-refractivity contribution in [3.63, 3.8) is 0 Å². The molecular weight excluding hydrogens is 462 g/mol. The van der Waals surface area contributed by atoms with Gasteiger partial charge in [-0.15, -0.1) is 0 Å². The predicted molar refractivity (Wildman–Crippen MR) is 134 cm³/mol. The van der Waals surface area contributed by atoms with Crippen molar-refractivity contribution < 1.29 is 13.2 Å². The summed E-state index contributed by atoms with van der Waals surface area (Å²) in [5.41, 5.74) is 4.72. The molecule has 0 spiro atoms. The summed E-state index contributed by atoms with van der Waals surface area (Å²) in [6.45, 7) is 6.88. The molecule has 5 rings (SSSR count). The van der Waals surface area contributed by atoms with Gasteiger partial charge in [-0.2, -0.15) is 9.40 Å². The summed E-state index contributed by atoms with van der Waals surface area (Å²) in [4.78, 5) is 19.6. The molecule has 2 aromatic heterocycles. The highest BCUT2D eigenvalue weighted by Gasteiger charge is 2.32. The highest BCUT2D eigenvalue weighted by Crippen LogP contribution is 2.26. The van der Waals surface area contributed by atoms with Gasteiger partial charge in [-0.25, -0.2) is 13.1 Å². The first-order valence-corrected chi connectivity index (χ1v) is 13.0. The number of hydrogen-bond acceptors (Lipinski definition) is 5. The monoisotopic (exact) mass is 489 g/mol. The maximum Gasteiger partial charge on any atom is 0.257 e. The molecule has 1 aliphatic heterocycles. The topological polar surface area (TPSA) is 88.4 Å². The van der Waals surface area contributed by atoms with Crippen molar-refractivity contribution in [2.75, 3.05) is 26.2 Å². The fourth-order valence-electron chi connectivity index (χ4n) is 4.56. The molecule has 9 heteroatoms. The molecule has 2 aromatic carbocycles. The second-order valence-electron chi connectivity index (χ2n) is 8.88. The van der Waals surface area contributed by atoms with Crippen molar-refractivity contribution >= 4 is 26.8 Å². The lowest BCUT2D eigenvalue weighted by molar-refractivity contribution is 0.0697. The largest absolute Gasteiger partial charge is 0.336 e. The number of nitrogens with zero attached hydrogens (tertiary/aromatic N) is 5. The first-order chi connectivity index (χ1) is 16.8. The van der Waals surface area contributed by atoms with Crippen LogP contribution in [0.5, 0.6) is 0 Å². The second-order valence-corrected chi connectivity index (χ2v) is 10.8. The number of benzene rings is 2. The van der Waals surface area contributed by atoms with Crippen LogP contribution in [0.15, 0.2) is 65.8 Å². The van der Waals surface area contributed by atoms with Crippen molar-refractivity contribution in [1.82, 2.24) is 24.0 Å². The molecule has 1 saturated heterocycles. The van der Waals surface area contributed by atoms with Gasteiger partial charge in [0.1, 0.15) is 4.90 Å². The Morgan fingerprint density at radius 2 is 1.66 bits per heavy atom. The lowest BCUT2D eigenvalue weighted by Crippen LogP contribution is -2.50. The van der Waals surface area contributed by atoms with Crippen molar-refractivity contribution in [3.8, 4) is 5.69 Å². The van der Waals surface area contributed by atoms with E-state index in [0.29, 0.717) is 24.2 Å². The highest BCUT2D eigenvalue weighted by atomic mass is 32.2. The van der Waals surface area contributed by atoms with E-state index < -0.39 is 10.0 Å². The van der Waals surface area contributed by atoms with Gasteiger partial charge in [-0.1, -0.05) is 30.3 Å². The molecule has 0 atom stereocenters. The lowest BCUT2D eigenvalue weighted by Gasteiger charge is -2.34. The predicted octanol–water partition coefficient (Wildman–Crippen LogP) is 3.49. The molecule has 8 nitrogen and oxygen atoms in total. The van der Waals surface area contributed by atoms with Gasteiger partial charge in [0.2, 0.25) is 10.0 Å². The van der Waals surface area contributed by atoms with E-state index >= 15 is 0 Å². The van der Waals surface area contributed by atoms with Crippen molar-refractivity contribution in [2.45, 2.75) is 25.7 Å². The molecule has 4 aromatic rings. The molecule has 1 fully saturated rings. The van der Waals surface area contributed by atoms with E-state index in [4.69, 9.17) is 0 Å². The molecule has 1 amide bonds. The van der Waals surface area contributed by atoms with Crippen LogP contribution in [0.2, 0.25) is 0 Å². The Labute approximate surface area is 204 Å². The van der Waals surface area contributed by atoms with Gasteiger partial charge in [0.05, 0.1) is 28.7 Å². The Bertz CT molecular complexity index is 1540. The van der Waals surface area contributed by atoms with Crippen LogP contribution in [0.3, 0.4) is 0 Å². The Morgan fingerprint density at radius 3 is 2.40 bits per heavy atom. The summed E-state index contributed by atoms with van der Waals surface area (Å²) in [7, 11) is -3.74. The van der Waals surface area contributed by atoms with Crippen LogP contribution in [0, 0.1) is 20.8 Å². The fraction of sp³-hybridized carbons (Fsp3) is 0.269. The van der Waals surface area contributed by atoms with Crippen molar-refractivity contribution in [3.05, 3.63) is 83.3 Å². The van der Waals surface area contributed by atoms with Crippen LogP contribution in [0.4, 0.5) is 0 Å². The minimum absolute atomic E-state index is 0.137. The molecule has 180 valence electrons. The normalized spacial score (nSPS) is 15.0. The number of pyridine rings is 1. The molecule has 0 N–H and O–H groups in total. The average Bonchev–Trinajstić information content (AvgIpc) is 3.24. The van der Waals surface area contributed by atoms with Crippen molar-refractivity contribution in [1.29, 1.82) is 0 Å². The van der Waals surface area contributed by atoms with Crippen LogP contribution in [-0.2, 0) is 10.0 Å². The summed E-state index contributed by atoms with van der Waals surface area (Å²) >= 11 is 0. The highest BCUT2D eigenvalue weighted by molar-refractivity contribution is 7.89. The summed E-state index contributed by atoms with van der Waals surface area (Å²) in [5, 5.41) is 5.24. The molecule has 35 heavy (non-hydrogen) atoms. The maximum absolute atomic E-state index is 13.4. The number of hydrogen-bond donors (Lipinski definition) is 0. The van der Waals surface area contributed by atoms with E-state index in [-0.39, 0.29) is 23.9 Å². The summed E-state index contributed by atoms with van der Waals surface area (Å²) < 4.78 is 30.1. The van der Waals surface area contributed by atoms with E-state index in [1.54, 1.807) is 34.1 Å². The summed E-state index contributed by atoms with van der Waals surface area (Å²) in [6, 6.07) is 15.0. The zero-order valence-electron chi connectivity index (χ0n) is 20.0. The van der Waals surface area contributed by atoms with E-state index in [9.17, 15) is 13.2 Å². The van der Waals surface area contributed by atoms with Gasteiger partial charge in [0.25, 0.3) is 5.91 Å². The Hall–Kier alpha value is -3.56. The van der Waals surface area contributed by atoms with E-state index in [1.807, 2.05) is 57.2 Å². The molecule has 0 bridgehead atoms. The molecule has 1 aliphatic rings. The van der Waals surface area contributed by atoms with Crippen LogP contribution < -0.4 is 0 Å². The van der Waals surface area contributed by atoms with Gasteiger partial charge in [-0.05, 0) is 50.1 Å². The number of para-hydroxylation sites is 2. The van der Waals surface area contributed by atoms with Crippen LogP contribution in [0.25, 0.3) is 16.6 Å². The minimum atomic E-state index is -3.74. The van der Waals surface area contributed by atoms with E-state index in [1.165, 1.54) is 4.31 Å². The number of rotatable bonds is 4.